The fourth-order valence-electron chi connectivity index (χ4n) is 4.80. The molecule has 22 heavy (non-hydrogen) atoms. The third kappa shape index (κ3) is 3.78. The van der Waals surface area contributed by atoms with E-state index in [-0.39, 0.29) is 0 Å². The van der Waals surface area contributed by atoms with E-state index in [9.17, 15) is 0 Å². The molecular weight excluding hydrogens is 270 g/mol. The molecule has 0 radical (unpaired) electrons. The Morgan fingerprint density at radius 2 is 1.59 bits per heavy atom. The molecule has 1 fully saturated rings. The number of nitrogens with one attached hydrogen (secondary N) is 2. The zero-order valence-electron chi connectivity index (χ0n) is 14.7. The van der Waals surface area contributed by atoms with E-state index in [1.807, 2.05) is 0 Å². The summed E-state index contributed by atoms with van der Waals surface area (Å²) < 4.78 is 2.68. The van der Waals surface area contributed by atoms with E-state index in [2.05, 4.69) is 29.1 Å². The molecule has 3 aliphatic heterocycles. The maximum Gasteiger partial charge on any atom is 0.346 e. The molecule has 0 aromatic rings. The summed E-state index contributed by atoms with van der Waals surface area (Å²) in [5.74, 6) is 1.37. The van der Waals surface area contributed by atoms with Crippen LogP contribution in [-0.2, 0) is 0 Å². The first-order chi connectivity index (χ1) is 10.8. The summed E-state index contributed by atoms with van der Waals surface area (Å²) in [5, 5.41) is 7.53. The van der Waals surface area contributed by atoms with Gasteiger partial charge in [0, 0.05) is 12.8 Å². The summed E-state index contributed by atoms with van der Waals surface area (Å²) in [4.78, 5) is 0. The molecule has 3 heteroatoms. The van der Waals surface area contributed by atoms with Gasteiger partial charge in [-0.3, -0.25) is 15.2 Å². The average molecular weight is 307 g/mol. The van der Waals surface area contributed by atoms with Gasteiger partial charge in [0.05, 0.1) is 24.2 Å². The van der Waals surface area contributed by atoms with Gasteiger partial charge in [-0.2, -0.15) is 0 Å². The minimum Gasteiger partial charge on any atom is -0.275 e. The van der Waals surface area contributed by atoms with Gasteiger partial charge in [0.2, 0.25) is 0 Å². The second kappa shape index (κ2) is 7.70. The van der Waals surface area contributed by atoms with Gasteiger partial charge in [-0.05, 0) is 26.2 Å². The quantitative estimate of drug-likeness (QED) is 0.527. The smallest absolute Gasteiger partial charge is 0.275 e. The van der Waals surface area contributed by atoms with E-state index in [0.717, 1.165) is 12.1 Å². The lowest BCUT2D eigenvalue weighted by molar-refractivity contribution is -0.593. The summed E-state index contributed by atoms with van der Waals surface area (Å²) >= 11 is 0. The highest BCUT2D eigenvalue weighted by atomic mass is 15.3. The Morgan fingerprint density at radius 1 is 0.909 bits per heavy atom. The fourth-order valence-corrected chi connectivity index (χ4v) is 4.80. The van der Waals surface area contributed by atoms with Crippen LogP contribution in [0.4, 0.5) is 0 Å². The molecule has 3 nitrogen and oxygen atoms in total. The van der Waals surface area contributed by atoms with Crippen LogP contribution in [0.25, 0.3) is 0 Å². The van der Waals surface area contributed by atoms with Gasteiger partial charge in [0.25, 0.3) is 0 Å². The van der Waals surface area contributed by atoms with Crippen LogP contribution in [0.3, 0.4) is 0 Å². The zero-order chi connectivity index (χ0) is 15.4. The second-order valence-corrected chi connectivity index (χ2v) is 7.91. The maximum absolute atomic E-state index is 3.83. The summed E-state index contributed by atoms with van der Waals surface area (Å²) in [7, 11) is 0. The van der Waals surface area contributed by atoms with E-state index in [1.165, 1.54) is 83.0 Å². The first-order valence-corrected chi connectivity index (χ1v) is 9.96. The van der Waals surface area contributed by atoms with Crippen LogP contribution in [0.2, 0.25) is 0 Å². The van der Waals surface area contributed by atoms with Gasteiger partial charge in [-0.15, -0.1) is 0 Å². The highest BCUT2D eigenvalue weighted by molar-refractivity contribution is 5.76. The van der Waals surface area contributed by atoms with Gasteiger partial charge in [0.1, 0.15) is 0 Å². The molecule has 0 aromatic heterocycles. The van der Waals surface area contributed by atoms with E-state index >= 15 is 0 Å². The van der Waals surface area contributed by atoms with Crippen LogP contribution in [0.15, 0.2) is 0 Å². The lowest BCUT2D eigenvalue weighted by Gasteiger charge is -2.35. The van der Waals surface area contributed by atoms with Crippen molar-refractivity contribution in [3.63, 3.8) is 0 Å². The predicted molar refractivity (Wildman–Crippen MR) is 93.4 cm³/mol. The van der Waals surface area contributed by atoms with E-state index in [1.54, 1.807) is 0 Å². The SMILES string of the molecule is CCCCCCCCC[C@@H]1CC2CCC3C[C@@H](C)NC(=[N+]23)N1. The minimum absolute atomic E-state index is 0.639. The number of hydrogen-bond donors (Lipinski definition) is 2. The number of rotatable bonds is 8. The third-order valence-corrected chi connectivity index (χ3v) is 5.94. The number of nitrogens with zero attached hydrogens (tertiary/aromatic N) is 1. The Hall–Kier alpha value is -0.730. The number of guanidine groups is 1. The molecular formula is C19H36N3+. The predicted octanol–water partition coefficient (Wildman–Crippen LogP) is 3.77. The number of unbranched alkanes of at least 4 members (excludes halogenated alkanes) is 6. The molecule has 0 aromatic carbocycles. The second-order valence-electron chi connectivity index (χ2n) is 7.91. The molecule has 3 heterocycles. The van der Waals surface area contributed by atoms with Crippen molar-refractivity contribution in [1.29, 1.82) is 0 Å². The molecule has 0 bridgehead atoms. The van der Waals surface area contributed by atoms with Crippen LogP contribution in [0, 0.1) is 0 Å². The normalized spacial score (nSPS) is 33.4. The molecule has 4 atom stereocenters. The van der Waals surface area contributed by atoms with Crippen LogP contribution in [0.1, 0.15) is 90.9 Å². The Kier molecular flexibility index (Phi) is 5.65. The Bertz CT molecular complexity index is 390. The highest BCUT2D eigenvalue weighted by Gasteiger charge is 2.44. The molecule has 3 rings (SSSR count). The lowest BCUT2D eigenvalue weighted by Crippen LogP contribution is -2.61. The van der Waals surface area contributed by atoms with Gasteiger partial charge >= 0.3 is 5.96 Å². The topological polar surface area (TPSA) is 27.1 Å². The Morgan fingerprint density at radius 3 is 2.36 bits per heavy atom. The molecule has 2 unspecified atom stereocenters. The van der Waals surface area contributed by atoms with Crippen molar-refractivity contribution >= 4 is 5.96 Å². The Balaban J connectivity index is 1.41. The molecule has 0 aliphatic carbocycles. The average Bonchev–Trinajstić information content (AvgIpc) is 2.90. The maximum atomic E-state index is 3.83. The first-order valence-electron chi connectivity index (χ1n) is 9.96. The largest absolute Gasteiger partial charge is 0.346 e. The van der Waals surface area contributed by atoms with Crippen molar-refractivity contribution in [2.45, 2.75) is 115 Å². The molecule has 0 saturated carbocycles. The standard InChI is InChI=1S/C19H35N3/c1-3-4-5-6-7-8-9-10-16-14-18-12-11-17-13-15(2)20-19(21-16)22(17)18/h15-18H,3-14H2,1-2H3,(H,20,21)/p+1/t15-,16-,17?,18?/m1/s1. The van der Waals surface area contributed by atoms with Gasteiger partial charge in [-0.1, -0.05) is 51.9 Å². The first kappa shape index (κ1) is 16.1. The molecule has 3 aliphatic rings. The molecule has 126 valence electrons. The van der Waals surface area contributed by atoms with Crippen molar-refractivity contribution in [3.05, 3.63) is 0 Å². The fraction of sp³-hybridized carbons (Fsp3) is 0.947. The summed E-state index contributed by atoms with van der Waals surface area (Å²) in [6.07, 6.45) is 16.8. The molecule has 2 N–H and O–H groups in total. The lowest BCUT2D eigenvalue weighted by atomic mass is 9.97. The van der Waals surface area contributed by atoms with Crippen molar-refractivity contribution in [2.24, 2.45) is 0 Å². The van der Waals surface area contributed by atoms with Crippen LogP contribution < -0.4 is 10.6 Å². The molecule has 0 spiro atoms. The van der Waals surface area contributed by atoms with Gasteiger partial charge < -0.3 is 0 Å². The van der Waals surface area contributed by atoms with Gasteiger partial charge in [-0.25, -0.2) is 0 Å². The molecule has 0 amide bonds. The van der Waals surface area contributed by atoms with Crippen molar-refractivity contribution in [3.8, 4) is 0 Å². The van der Waals surface area contributed by atoms with Crippen molar-refractivity contribution < 1.29 is 4.58 Å². The van der Waals surface area contributed by atoms with E-state index in [4.69, 9.17) is 0 Å². The van der Waals surface area contributed by atoms with Crippen molar-refractivity contribution in [2.75, 3.05) is 0 Å². The van der Waals surface area contributed by atoms with Crippen molar-refractivity contribution in [1.82, 2.24) is 10.6 Å². The third-order valence-electron chi connectivity index (χ3n) is 5.94. The van der Waals surface area contributed by atoms with Crippen LogP contribution in [0.5, 0.6) is 0 Å². The van der Waals surface area contributed by atoms with Gasteiger partial charge in [0.15, 0.2) is 0 Å². The van der Waals surface area contributed by atoms with Crippen LogP contribution in [-0.4, -0.2) is 34.7 Å². The van der Waals surface area contributed by atoms with Crippen LogP contribution >= 0.6 is 0 Å². The minimum atomic E-state index is 0.639. The molecule has 1 saturated heterocycles. The summed E-state index contributed by atoms with van der Waals surface area (Å²) in [6.45, 7) is 4.63. The number of hydrogen-bond acceptors (Lipinski definition) is 2. The monoisotopic (exact) mass is 306 g/mol. The van der Waals surface area contributed by atoms with E-state index < -0.39 is 0 Å². The zero-order valence-corrected chi connectivity index (χ0v) is 14.7. The summed E-state index contributed by atoms with van der Waals surface area (Å²) in [5.41, 5.74) is 0. The van der Waals surface area contributed by atoms with E-state index in [0.29, 0.717) is 12.1 Å². The Labute approximate surface area is 136 Å². The highest BCUT2D eigenvalue weighted by Crippen LogP contribution is 2.31. The summed E-state index contributed by atoms with van der Waals surface area (Å²) in [6, 6.07) is 2.97.